The molecule has 0 fully saturated rings. The van der Waals surface area contributed by atoms with Gasteiger partial charge in [-0.05, 0) is 23.8 Å². The molecular weight excluding hydrogens is 416 g/mol. The van der Waals surface area contributed by atoms with Gasteiger partial charge < -0.3 is 10.1 Å². The van der Waals surface area contributed by atoms with Crippen molar-refractivity contribution in [2.75, 3.05) is 11.6 Å². The lowest BCUT2D eigenvalue weighted by atomic mass is 10.2. The second-order valence-corrected chi connectivity index (χ2v) is 8.38. The van der Waals surface area contributed by atoms with Crippen molar-refractivity contribution in [1.82, 2.24) is 20.2 Å². The molecule has 8 nitrogen and oxygen atoms in total. The van der Waals surface area contributed by atoms with Crippen LogP contribution in [0.15, 0.2) is 53.6 Å². The first-order valence-corrected chi connectivity index (χ1v) is 10.6. The van der Waals surface area contributed by atoms with Gasteiger partial charge in [0.25, 0.3) is 0 Å². The van der Waals surface area contributed by atoms with Crippen molar-refractivity contribution >= 4 is 26.7 Å². The van der Waals surface area contributed by atoms with Crippen molar-refractivity contribution in [1.29, 1.82) is 0 Å². The molecule has 0 aliphatic rings. The number of nitrogens with one attached hydrogen (secondary N) is 2. The SMILES string of the molecule is CS(=O)(=O)c1ccccc1CNc1n[nH]c2nc(Oc3ccc(F)cc3F)ncc12. The average Bonchev–Trinajstić information content (AvgIpc) is 3.10. The predicted octanol–water partition coefficient (Wildman–Crippen LogP) is 3.44. The Bertz CT molecular complexity index is 1340. The minimum absolute atomic E-state index is 0.148. The van der Waals surface area contributed by atoms with Crippen LogP contribution < -0.4 is 10.1 Å². The van der Waals surface area contributed by atoms with Gasteiger partial charge in [-0.3, -0.25) is 5.10 Å². The zero-order valence-electron chi connectivity index (χ0n) is 15.6. The lowest BCUT2D eigenvalue weighted by molar-refractivity contribution is 0.409. The Kier molecular flexibility index (Phi) is 5.04. The molecule has 0 saturated carbocycles. The molecule has 2 aromatic carbocycles. The fourth-order valence-electron chi connectivity index (χ4n) is 2.82. The summed E-state index contributed by atoms with van der Waals surface area (Å²) in [6.45, 7) is 0.211. The number of aromatic nitrogens is 4. The van der Waals surface area contributed by atoms with E-state index < -0.39 is 21.5 Å². The third kappa shape index (κ3) is 4.06. The number of H-pyrrole nitrogens is 1. The lowest BCUT2D eigenvalue weighted by Crippen LogP contribution is -2.07. The van der Waals surface area contributed by atoms with E-state index in [1.165, 1.54) is 12.3 Å². The highest BCUT2D eigenvalue weighted by atomic mass is 32.2. The zero-order valence-corrected chi connectivity index (χ0v) is 16.4. The van der Waals surface area contributed by atoms with Crippen molar-refractivity contribution in [2.24, 2.45) is 0 Å². The van der Waals surface area contributed by atoms with Crippen molar-refractivity contribution in [3.8, 4) is 11.8 Å². The number of benzene rings is 2. The summed E-state index contributed by atoms with van der Waals surface area (Å²) in [7, 11) is -3.37. The first-order chi connectivity index (χ1) is 14.3. The molecule has 4 rings (SSSR count). The number of sulfone groups is 1. The van der Waals surface area contributed by atoms with E-state index in [9.17, 15) is 17.2 Å². The summed E-state index contributed by atoms with van der Waals surface area (Å²) in [4.78, 5) is 8.37. The van der Waals surface area contributed by atoms with Gasteiger partial charge in [-0.15, -0.1) is 0 Å². The fraction of sp³-hybridized carbons (Fsp3) is 0.105. The molecule has 0 unspecified atom stereocenters. The average molecular weight is 431 g/mol. The molecule has 4 aromatic rings. The van der Waals surface area contributed by atoms with Crippen molar-refractivity contribution < 1.29 is 21.9 Å². The molecule has 2 N–H and O–H groups in total. The summed E-state index contributed by atoms with van der Waals surface area (Å²) in [5.41, 5.74) is 0.908. The monoisotopic (exact) mass is 431 g/mol. The van der Waals surface area contributed by atoms with Crippen molar-refractivity contribution in [2.45, 2.75) is 11.4 Å². The Labute approximate surface area is 169 Å². The summed E-state index contributed by atoms with van der Waals surface area (Å²) < 4.78 is 55.9. The van der Waals surface area contributed by atoms with Crippen LogP contribution in [0.5, 0.6) is 11.8 Å². The highest BCUT2D eigenvalue weighted by Crippen LogP contribution is 2.26. The molecule has 0 aliphatic heterocycles. The first kappa shape index (κ1) is 19.7. The zero-order chi connectivity index (χ0) is 21.3. The van der Waals surface area contributed by atoms with Gasteiger partial charge in [-0.2, -0.15) is 10.1 Å². The number of fused-ring (bicyclic) bond motifs is 1. The van der Waals surface area contributed by atoms with E-state index in [0.29, 0.717) is 28.5 Å². The highest BCUT2D eigenvalue weighted by molar-refractivity contribution is 7.90. The maximum Gasteiger partial charge on any atom is 0.324 e. The molecule has 0 aliphatic carbocycles. The van der Waals surface area contributed by atoms with Crippen LogP contribution in [-0.4, -0.2) is 34.8 Å². The number of anilines is 1. The Hall–Kier alpha value is -3.60. The van der Waals surface area contributed by atoms with Crippen LogP contribution in [0.2, 0.25) is 0 Å². The van der Waals surface area contributed by atoms with Crippen LogP contribution in [0.25, 0.3) is 11.0 Å². The minimum atomic E-state index is -3.37. The molecule has 0 bridgehead atoms. The van der Waals surface area contributed by atoms with Gasteiger partial charge >= 0.3 is 6.01 Å². The smallest absolute Gasteiger partial charge is 0.324 e. The first-order valence-electron chi connectivity index (χ1n) is 8.67. The molecule has 0 saturated heterocycles. The molecular formula is C19H15F2N5O3S. The number of rotatable bonds is 6. The number of ether oxygens (including phenoxy) is 1. The number of halogens is 2. The Morgan fingerprint density at radius 1 is 1.17 bits per heavy atom. The molecule has 0 spiro atoms. The van der Waals surface area contributed by atoms with Gasteiger partial charge in [-0.25, -0.2) is 22.2 Å². The highest BCUT2D eigenvalue weighted by Gasteiger charge is 2.15. The van der Waals surface area contributed by atoms with E-state index in [4.69, 9.17) is 4.74 Å². The molecule has 0 radical (unpaired) electrons. The van der Waals surface area contributed by atoms with E-state index in [0.717, 1.165) is 18.4 Å². The standard InChI is InChI=1S/C19H15F2N5O3S/c1-30(27,28)16-5-3-2-4-11(16)9-22-17-13-10-23-19(24-18(13)26-25-17)29-15-7-6-12(20)8-14(15)21/h2-8,10H,9H2,1H3,(H2,22,23,24,25,26). The molecule has 11 heteroatoms. The maximum absolute atomic E-state index is 13.7. The topological polar surface area (TPSA) is 110 Å². The molecule has 2 aromatic heterocycles. The van der Waals surface area contributed by atoms with Crippen LogP contribution in [0.4, 0.5) is 14.6 Å². The number of hydrogen-bond donors (Lipinski definition) is 2. The number of aromatic amines is 1. The molecule has 0 amide bonds. The van der Waals surface area contributed by atoms with Gasteiger partial charge in [0.2, 0.25) is 0 Å². The van der Waals surface area contributed by atoms with Crippen molar-refractivity contribution in [3.63, 3.8) is 0 Å². The van der Waals surface area contributed by atoms with Gasteiger partial charge in [-0.1, -0.05) is 18.2 Å². The van der Waals surface area contributed by atoms with E-state index in [2.05, 4.69) is 25.5 Å². The minimum Gasteiger partial charge on any atom is -0.421 e. The largest absolute Gasteiger partial charge is 0.421 e. The summed E-state index contributed by atoms with van der Waals surface area (Å²) in [6, 6.07) is 9.39. The van der Waals surface area contributed by atoms with E-state index in [-0.39, 0.29) is 23.2 Å². The second-order valence-electron chi connectivity index (χ2n) is 6.40. The summed E-state index contributed by atoms with van der Waals surface area (Å²) >= 11 is 0. The van der Waals surface area contributed by atoms with Crippen LogP contribution in [0.3, 0.4) is 0 Å². The second kappa shape index (κ2) is 7.67. The quantitative estimate of drug-likeness (QED) is 0.481. The van der Waals surface area contributed by atoms with Gasteiger partial charge in [0.15, 0.2) is 32.9 Å². The Morgan fingerprint density at radius 2 is 1.97 bits per heavy atom. The molecule has 30 heavy (non-hydrogen) atoms. The van der Waals surface area contributed by atoms with E-state index in [1.807, 2.05) is 0 Å². The molecule has 0 atom stereocenters. The third-order valence-electron chi connectivity index (χ3n) is 4.21. The Morgan fingerprint density at radius 3 is 2.73 bits per heavy atom. The summed E-state index contributed by atoms with van der Waals surface area (Å²) in [5, 5.41) is 10.4. The predicted molar refractivity (Wildman–Crippen MR) is 105 cm³/mol. The Balaban J connectivity index is 1.55. The van der Waals surface area contributed by atoms with Crippen LogP contribution in [-0.2, 0) is 16.4 Å². The number of hydrogen-bond acceptors (Lipinski definition) is 7. The fourth-order valence-corrected chi connectivity index (χ4v) is 3.77. The normalized spacial score (nSPS) is 11.6. The molecule has 2 heterocycles. The summed E-state index contributed by atoms with van der Waals surface area (Å²) in [5.74, 6) is -1.41. The van der Waals surface area contributed by atoms with Crippen LogP contribution >= 0.6 is 0 Å². The third-order valence-corrected chi connectivity index (χ3v) is 5.41. The molecule has 154 valence electrons. The van der Waals surface area contributed by atoms with Crippen molar-refractivity contribution in [3.05, 3.63) is 65.9 Å². The maximum atomic E-state index is 13.7. The van der Waals surface area contributed by atoms with E-state index in [1.54, 1.807) is 18.2 Å². The van der Waals surface area contributed by atoms with E-state index >= 15 is 0 Å². The van der Waals surface area contributed by atoms with Gasteiger partial charge in [0.1, 0.15) is 5.82 Å². The van der Waals surface area contributed by atoms with Gasteiger partial charge in [0.05, 0.1) is 10.3 Å². The van der Waals surface area contributed by atoms with Crippen LogP contribution in [0.1, 0.15) is 5.56 Å². The number of nitrogens with zero attached hydrogens (tertiary/aromatic N) is 3. The summed E-state index contributed by atoms with van der Waals surface area (Å²) in [6.07, 6.45) is 2.57. The van der Waals surface area contributed by atoms with Gasteiger partial charge in [0, 0.05) is 25.1 Å². The van der Waals surface area contributed by atoms with Crippen LogP contribution in [0, 0.1) is 11.6 Å². The lowest BCUT2D eigenvalue weighted by Gasteiger charge is -2.09.